The first-order valence-corrected chi connectivity index (χ1v) is 7.69. The molecule has 0 saturated carbocycles. The molecule has 1 N–H and O–H groups in total. The van der Waals surface area contributed by atoms with Crippen LogP contribution in [-0.2, 0) is 16.0 Å². The smallest absolute Gasteiger partial charge is 0.254 e. The van der Waals surface area contributed by atoms with Crippen LogP contribution < -0.4 is 5.32 Å². The van der Waals surface area contributed by atoms with Crippen LogP contribution in [0.5, 0.6) is 0 Å². The van der Waals surface area contributed by atoms with Crippen LogP contribution in [0.25, 0.3) is 0 Å². The Morgan fingerprint density at radius 1 is 1.24 bits per heavy atom. The van der Waals surface area contributed by atoms with Crippen LogP contribution in [0.15, 0.2) is 24.3 Å². The highest BCUT2D eigenvalue weighted by Crippen LogP contribution is 2.30. The number of rotatable bonds is 3. The van der Waals surface area contributed by atoms with E-state index in [-0.39, 0.29) is 16.9 Å². The number of fused-ring (bicyclic) bond motifs is 1. The zero-order chi connectivity index (χ0) is 15.7. The van der Waals surface area contributed by atoms with E-state index in [0.29, 0.717) is 6.61 Å². The molecule has 1 aliphatic rings. The van der Waals surface area contributed by atoms with Crippen LogP contribution in [0.1, 0.15) is 58.3 Å². The molecule has 1 unspecified atom stereocenters. The number of benzene rings is 1. The number of carbonyl (C=O) groups excluding carboxylic acids is 1. The lowest BCUT2D eigenvalue weighted by Crippen LogP contribution is -2.48. The zero-order valence-corrected chi connectivity index (χ0v) is 13.8. The Morgan fingerprint density at radius 3 is 2.57 bits per heavy atom. The van der Waals surface area contributed by atoms with E-state index in [1.807, 2.05) is 18.2 Å². The lowest BCUT2D eigenvalue weighted by atomic mass is 9.81. The van der Waals surface area contributed by atoms with E-state index in [1.54, 1.807) is 0 Å². The molecular formula is C18H27NO2. The molecule has 0 fully saturated rings. The third-order valence-corrected chi connectivity index (χ3v) is 3.67. The topological polar surface area (TPSA) is 38.3 Å². The summed E-state index contributed by atoms with van der Waals surface area (Å²) >= 11 is 0. The lowest BCUT2D eigenvalue weighted by Gasteiger charge is -2.35. The van der Waals surface area contributed by atoms with E-state index in [9.17, 15) is 4.79 Å². The number of hydrogen-bond acceptors (Lipinski definition) is 2. The maximum absolute atomic E-state index is 12.6. The number of carbonyl (C=O) groups is 1. The summed E-state index contributed by atoms with van der Waals surface area (Å²) in [5, 5.41) is 3.16. The molecule has 0 radical (unpaired) electrons. The molecule has 3 heteroatoms. The third-order valence-electron chi connectivity index (χ3n) is 3.67. The quantitative estimate of drug-likeness (QED) is 0.922. The van der Waals surface area contributed by atoms with Crippen molar-refractivity contribution < 1.29 is 9.53 Å². The summed E-state index contributed by atoms with van der Waals surface area (Å²) in [5.74, 6) is -0.0311. The second-order valence-corrected chi connectivity index (χ2v) is 7.81. The lowest BCUT2D eigenvalue weighted by molar-refractivity contribution is -0.136. The first-order valence-electron chi connectivity index (χ1n) is 7.69. The van der Waals surface area contributed by atoms with Gasteiger partial charge in [0.25, 0.3) is 5.91 Å². The molecule has 1 aromatic carbocycles. The van der Waals surface area contributed by atoms with Gasteiger partial charge in [-0.3, -0.25) is 4.79 Å². The molecule has 0 aromatic heterocycles. The first kappa shape index (κ1) is 16.0. The summed E-state index contributed by atoms with van der Waals surface area (Å²) in [4.78, 5) is 12.6. The second-order valence-electron chi connectivity index (χ2n) is 7.81. The first-order chi connectivity index (χ1) is 9.68. The Morgan fingerprint density at radius 2 is 1.90 bits per heavy atom. The normalized spacial score (nSPS) is 19.0. The molecule has 0 spiro atoms. The average molecular weight is 289 g/mol. The summed E-state index contributed by atoms with van der Waals surface area (Å²) in [5.41, 5.74) is 2.15. The fraction of sp³-hybridized carbons (Fsp3) is 0.611. The zero-order valence-electron chi connectivity index (χ0n) is 13.8. The fourth-order valence-corrected chi connectivity index (χ4v) is 3.38. The largest absolute Gasteiger partial charge is 0.363 e. The van der Waals surface area contributed by atoms with Gasteiger partial charge in [0.05, 0.1) is 6.61 Å². The highest BCUT2D eigenvalue weighted by molar-refractivity contribution is 5.83. The van der Waals surface area contributed by atoms with Gasteiger partial charge in [-0.2, -0.15) is 0 Å². The molecule has 1 atom stereocenters. The number of ether oxygens (including phenoxy) is 1. The van der Waals surface area contributed by atoms with Gasteiger partial charge in [0, 0.05) is 5.54 Å². The minimum Gasteiger partial charge on any atom is -0.363 e. The van der Waals surface area contributed by atoms with E-state index >= 15 is 0 Å². The van der Waals surface area contributed by atoms with Crippen molar-refractivity contribution in [1.82, 2.24) is 5.32 Å². The van der Waals surface area contributed by atoms with Gasteiger partial charge < -0.3 is 10.1 Å². The fourth-order valence-electron chi connectivity index (χ4n) is 3.38. The molecule has 3 nitrogen and oxygen atoms in total. The molecule has 21 heavy (non-hydrogen) atoms. The van der Waals surface area contributed by atoms with Crippen LogP contribution in [0.3, 0.4) is 0 Å². The molecule has 1 aromatic rings. The van der Waals surface area contributed by atoms with Crippen molar-refractivity contribution in [3.8, 4) is 0 Å². The highest BCUT2D eigenvalue weighted by atomic mass is 16.5. The monoisotopic (exact) mass is 289 g/mol. The molecule has 0 aliphatic carbocycles. The maximum atomic E-state index is 12.6. The van der Waals surface area contributed by atoms with Crippen LogP contribution in [-0.4, -0.2) is 18.1 Å². The second kappa shape index (κ2) is 5.80. The molecule has 116 valence electrons. The van der Waals surface area contributed by atoms with Crippen molar-refractivity contribution in [3.63, 3.8) is 0 Å². The van der Waals surface area contributed by atoms with E-state index < -0.39 is 6.10 Å². The predicted molar refractivity (Wildman–Crippen MR) is 85.1 cm³/mol. The highest BCUT2D eigenvalue weighted by Gasteiger charge is 2.32. The van der Waals surface area contributed by atoms with Crippen molar-refractivity contribution in [2.45, 2.75) is 59.1 Å². The minimum atomic E-state index is -0.478. The van der Waals surface area contributed by atoms with Crippen molar-refractivity contribution in [3.05, 3.63) is 35.4 Å². The predicted octanol–water partition coefficient (Wildman–Crippen LogP) is 3.63. The van der Waals surface area contributed by atoms with Gasteiger partial charge in [0.15, 0.2) is 6.10 Å². The van der Waals surface area contributed by atoms with Crippen LogP contribution >= 0.6 is 0 Å². The number of hydrogen-bond donors (Lipinski definition) is 1. The Hall–Kier alpha value is -1.35. The van der Waals surface area contributed by atoms with Gasteiger partial charge in [0.1, 0.15) is 0 Å². The SMILES string of the molecule is CC(C)(C)CC(C)(C)NC(=O)C1OCCc2ccccc21. The summed E-state index contributed by atoms with van der Waals surface area (Å²) in [6.45, 7) is 11.3. The maximum Gasteiger partial charge on any atom is 0.254 e. The Labute approximate surface area is 128 Å². The van der Waals surface area contributed by atoms with Gasteiger partial charge in [-0.25, -0.2) is 0 Å². The summed E-state index contributed by atoms with van der Waals surface area (Å²) in [6, 6.07) is 8.06. The van der Waals surface area contributed by atoms with E-state index in [4.69, 9.17) is 4.74 Å². The standard InChI is InChI=1S/C18H27NO2/c1-17(2,3)12-18(4,5)19-16(20)15-14-9-7-6-8-13(14)10-11-21-15/h6-9,15H,10-12H2,1-5H3,(H,19,20). The van der Waals surface area contributed by atoms with Crippen molar-refractivity contribution in [2.24, 2.45) is 5.41 Å². The summed E-state index contributed by atoms with van der Waals surface area (Å²) in [6.07, 6.45) is 1.32. The van der Waals surface area contributed by atoms with Gasteiger partial charge in [-0.15, -0.1) is 0 Å². The molecular weight excluding hydrogens is 262 g/mol. The van der Waals surface area contributed by atoms with E-state index in [0.717, 1.165) is 18.4 Å². The van der Waals surface area contributed by atoms with Gasteiger partial charge >= 0.3 is 0 Å². The average Bonchev–Trinajstić information content (AvgIpc) is 2.34. The van der Waals surface area contributed by atoms with Crippen LogP contribution in [0.4, 0.5) is 0 Å². The molecule has 0 bridgehead atoms. The van der Waals surface area contributed by atoms with E-state index in [1.165, 1.54) is 5.56 Å². The molecule has 1 aliphatic heterocycles. The van der Waals surface area contributed by atoms with Gasteiger partial charge in [-0.1, -0.05) is 45.0 Å². The Kier molecular flexibility index (Phi) is 4.43. The summed E-state index contributed by atoms with van der Waals surface area (Å²) < 4.78 is 5.73. The van der Waals surface area contributed by atoms with Crippen molar-refractivity contribution in [1.29, 1.82) is 0 Å². The molecule has 1 heterocycles. The Balaban J connectivity index is 2.11. The van der Waals surface area contributed by atoms with Crippen LogP contribution in [0.2, 0.25) is 0 Å². The Bertz CT molecular complexity index is 514. The number of nitrogens with one attached hydrogen (secondary N) is 1. The molecule has 2 rings (SSSR count). The van der Waals surface area contributed by atoms with Gasteiger partial charge in [0.2, 0.25) is 0 Å². The van der Waals surface area contributed by atoms with Crippen molar-refractivity contribution in [2.75, 3.05) is 6.61 Å². The summed E-state index contributed by atoms with van der Waals surface area (Å²) in [7, 11) is 0. The van der Waals surface area contributed by atoms with Crippen LogP contribution in [0, 0.1) is 5.41 Å². The van der Waals surface area contributed by atoms with Gasteiger partial charge in [-0.05, 0) is 43.2 Å². The molecule has 1 amide bonds. The van der Waals surface area contributed by atoms with E-state index in [2.05, 4.69) is 46.0 Å². The third kappa shape index (κ3) is 4.31. The number of amides is 1. The van der Waals surface area contributed by atoms with Crippen molar-refractivity contribution >= 4 is 5.91 Å². The minimum absolute atomic E-state index is 0.0311. The molecule has 0 saturated heterocycles.